The minimum atomic E-state index is -4.38. The predicted octanol–water partition coefficient (Wildman–Crippen LogP) is 1.58. The predicted molar refractivity (Wildman–Crippen MR) is 77.3 cm³/mol. The lowest BCUT2D eigenvalue weighted by atomic mass is 10.2. The number of alkyl halides is 3. The van der Waals surface area contributed by atoms with Gasteiger partial charge in [0.25, 0.3) is 5.91 Å². The smallest absolute Gasteiger partial charge is 0.405 e. The van der Waals surface area contributed by atoms with Crippen LogP contribution in [0.3, 0.4) is 0 Å². The standard InChI is InChI=1S/C13H18F3N3O2.ClH/c1-9-10(2-7-21-9)12(20)18-8-11(13(14,15)16)19-5-3-17-4-6-19;/h2,7,11,17H,3-6,8H2,1H3,(H,18,20);1H. The SMILES string of the molecule is Cc1occc1C(=O)NCC(N1CCNCC1)C(F)(F)F.Cl. The Hall–Kier alpha value is -1.25. The summed E-state index contributed by atoms with van der Waals surface area (Å²) in [5, 5.41) is 5.36. The molecule has 0 aromatic carbocycles. The molecule has 126 valence electrons. The number of aryl methyl sites for hydroxylation is 1. The molecule has 1 unspecified atom stereocenters. The first-order valence-corrected chi connectivity index (χ1v) is 6.73. The van der Waals surface area contributed by atoms with E-state index in [2.05, 4.69) is 10.6 Å². The van der Waals surface area contributed by atoms with Crippen LogP contribution in [-0.4, -0.2) is 55.7 Å². The fraction of sp³-hybridized carbons (Fsp3) is 0.615. The maximum Gasteiger partial charge on any atom is 0.405 e. The van der Waals surface area contributed by atoms with Crippen molar-refractivity contribution < 1.29 is 22.4 Å². The molecule has 0 bridgehead atoms. The zero-order valence-corrected chi connectivity index (χ0v) is 12.9. The molecular weight excluding hydrogens is 323 g/mol. The van der Waals surface area contributed by atoms with E-state index in [0.717, 1.165) is 0 Å². The van der Waals surface area contributed by atoms with Crippen LogP contribution in [0.25, 0.3) is 0 Å². The van der Waals surface area contributed by atoms with Crippen LogP contribution in [0.2, 0.25) is 0 Å². The van der Waals surface area contributed by atoms with Gasteiger partial charge in [0.2, 0.25) is 0 Å². The maximum atomic E-state index is 13.1. The molecule has 1 fully saturated rings. The number of carbonyl (C=O) groups is 1. The fourth-order valence-corrected chi connectivity index (χ4v) is 2.35. The van der Waals surface area contributed by atoms with E-state index < -0.39 is 24.7 Å². The van der Waals surface area contributed by atoms with Crippen molar-refractivity contribution in [2.75, 3.05) is 32.7 Å². The van der Waals surface area contributed by atoms with Crippen LogP contribution >= 0.6 is 12.4 Å². The van der Waals surface area contributed by atoms with Gasteiger partial charge in [0.15, 0.2) is 0 Å². The van der Waals surface area contributed by atoms with E-state index in [9.17, 15) is 18.0 Å². The zero-order chi connectivity index (χ0) is 15.5. The van der Waals surface area contributed by atoms with Crippen LogP contribution in [0, 0.1) is 6.92 Å². The summed E-state index contributed by atoms with van der Waals surface area (Å²) in [6, 6.07) is -0.228. The first-order chi connectivity index (χ1) is 9.89. The number of rotatable bonds is 4. The normalized spacial score (nSPS) is 17.6. The van der Waals surface area contributed by atoms with E-state index in [-0.39, 0.29) is 18.0 Å². The van der Waals surface area contributed by atoms with Crippen LogP contribution in [0.15, 0.2) is 16.7 Å². The second-order valence-corrected chi connectivity index (χ2v) is 4.94. The van der Waals surface area contributed by atoms with Gasteiger partial charge < -0.3 is 15.1 Å². The molecule has 1 aromatic rings. The molecule has 9 heteroatoms. The molecule has 2 N–H and O–H groups in total. The number of hydrogen-bond donors (Lipinski definition) is 2. The van der Waals surface area contributed by atoms with Gasteiger partial charge in [-0.15, -0.1) is 12.4 Å². The van der Waals surface area contributed by atoms with Crippen LogP contribution in [0.5, 0.6) is 0 Å². The van der Waals surface area contributed by atoms with Gasteiger partial charge in [-0.3, -0.25) is 9.69 Å². The van der Waals surface area contributed by atoms with Crippen molar-refractivity contribution in [3.05, 3.63) is 23.7 Å². The highest BCUT2D eigenvalue weighted by molar-refractivity contribution is 5.95. The number of amides is 1. The Morgan fingerprint density at radius 1 is 1.45 bits per heavy atom. The van der Waals surface area contributed by atoms with Crippen molar-refractivity contribution in [3.8, 4) is 0 Å². The monoisotopic (exact) mass is 341 g/mol. The summed E-state index contributed by atoms with van der Waals surface area (Å²) >= 11 is 0. The Bertz CT molecular complexity index is 487. The first-order valence-electron chi connectivity index (χ1n) is 6.73. The minimum absolute atomic E-state index is 0. The lowest BCUT2D eigenvalue weighted by Crippen LogP contribution is -2.57. The second kappa shape index (κ2) is 7.85. The molecule has 1 saturated heterocycles. The molecule has 5 nitrogen and oxygen atoms in total. The van der Waals surface area contributed by atoms with Crippen LogP contribution in [0.1, 0.15) is 16.1 Å². The summed E-state index contributed by atoms with van der Waals surface area (Å²) < 4.78 is 44.4. The summed E-state index contributed by atoms with van der Waals surface area (Å²) in [7, 11) is 0. The van der Waals surface area contributed by atoms with Crippen molar-refractivity contribution in [1.29, 1.82) is 0 Å². The fourth-order valence-electron chi connectivity index (χ4n) is 2.35. The Labute approximate surface area is 132 Å². The lowest BCUT2D eigenvalue weighted by molar-refractivity contribution is -0.183. The molecule has 0 spiro atoms. The maximum absolute atomic E-state index is 13.1. The lowest BCUT2D eigenvalue weighted by Gasteiger charge is -2.35. The highest BCUT2D eigenvalue weighted by atomic mass is 35.5. The van der Waals surface area contributed by atoms with Crippen molar-refractivity contribution in [2.24, 2.45) is 0 Å². The van der Waals surface area contributed by atoms with E-state index in [1.54, 1.807) is 6.92 Å². The third-order valence-electron chi connectivity index (χ3n) is 3.53. The summed E-state index contributed by atoms with van der Waals surface area (Å²) in [6.07, 6.45) is -3.04. The number of nitrogens with one attached hydrogen (secondary N) is 2. The number of nitrogens with zero attached hydrogens (tertiary/aromatic N) is 1. The topological polar surface area (TPSA) is 57.5 Å². The van der Waals surface area contributed by atoms with Crippen LogP contribution in [-0.2, 0) is 0 Å². The Balaban J connectivity index is 0.00000242. The molecule has 1 atom stereocenters. The average Bonchev–Trinajstić information content (AvgIpc) is 2.85. The third kappa shape index (κ3) is 4.62. The van der Waals surface area contributed by atoms with E-state index in [4.69, 9.17) is 4.42 Å². The van der Waals surface area contributed by atoms with Crippen molar-refractivity contribution >= 4 is 18.3 Å². The van der Waals surface area contributed by atoms with E-state index in [0.29, 0.717) is 31.9 Å². The Morgan fingerprint density at radius 2 is 2.09 bits per heavy atom. The van der Waals surface area contributed by atoms with E-state index in [1.807, 2.05) is 0 Å². The second-order valence-electron chi connectivity index (χ2n) is 4.94. The van der Waals surface area contributed by atoms with Crippen molar-refractivity contribution in [3.63, 3.8) is 0 Å². The summed E-state index contributed by atoms with van der Waals surface area (Å²) in [5.41, 5.74) is 0.260. The largest absolute Gasteiger partial charge is 0.469 e. The van der Waals surface area contributed by atoms with Crippen molar-refractivity contribution in [1.82, 2.24) is 15.5 Å². The molecule has 2 rings (SSSR count). The molecule has 2 heterocycles. The zero-order valence-electron chi connectivity index (χ0n) is 12.1. The Kier molecular flexibility index (Phi) is 6.70. The molecule has 0 aliphatic carbocycles. The molecule has 1 aliphatic heterocycles. The van der Waals surface area contributed by atoms with E-state index in [1.165, 1.54) is 17.2 Å². The third-order valence-corrected chi connectivity index (χ3v) is 3.53. The molecule has 1 amide bonds. The number of halogens is 4. The number of piperazine rings is 1. The molecule has 0 saturated carbocycles. The Morgan fingerprint density at radius 3 is 2.59 bits per heavy atom. The van der Waals surface area contributed by atoms with Crippen LogP contribution in [0.4, 0.5) is 13.2 Å². The van der Waals surface area contributed by atoms with E-state index >= 15 is 0 Å². The van der Waals surface area contributed by atoms with Gasteiger partial charge in [0.05, 0.1) is 11.8 Å². The summed E-state index contributed by atoms with van der Waals surface area (Å²) in [5.74, 6) is -0.163. The average molecular weight is 342 g/mol. The molecule has 0 radical (unpaired) electrons. The van der Waals surface area contributed by atoms with Gasteiger partial charge in [-0.05, 0) is 13.0 Å². The highest BCUT2D eigenvalue weighted by Crippen LogP contribution is 2.25. The van der Waals surface area contributed by atoms with Gasteiger partial charge in [-0.2, -0.15) is 13.2 Å². The summed E-state index contributed by atoms with van der Waals surface area (Å²) in [6.45, 7) is 2.78. The van der Waals surface area contributed by atoms with Gasteiger partial charge in [-0.1, -0.05) is 0 Å². The first kappa shape index (κ1) is 18.8. The van der Waals surface area contributed by atoms with Crippen LogP contribution < -0.4 is 10.6 Å². The quantitative estimate of drug-likeness (QED) is 0.873. The molecule has 1 aromatic heterocycles. The highest BCUT2D eigenvalue weighted by Gasteiger charge is 2.43. The van der Waals surface area contributed by atoms with Gasteiger partial charge in [0.1, 0.15) is 11.8 Å². The number of furan rings is 1. The summed E-state index contributed by atoms with van der Waals surface area (Å²) in [4.78, 5) is 13.2. The number of hydrogen-bond acceptors (Lipinski definition) is 4. The molecule has 22 heavy (non-hydrogen) atoms. The van der Waals surface area contributed by atoms with Crippen molar-refractivity contribution in [2.45, 2.75) is 19.1 Å². The minimum Gasteiger partial charge on any atom is -0.469 e. The van der Waals surface area contributed by atoms with Gasteiger partial charge >= 0.3 is 6.18 Å². The van der Waals surface area contributed by atoms with Gasteiger partial charge in [-0.25, -0.2) is 0 Å². The molecule has 1 aliphatic rings. The van der Waals surface area contributed by atoms with Gasteiger partial charge in [0, 0.05) is 32.7 Å². The molecular formula is C13H19ClF3N3O2. The number of carbonyl (C=O) groups excluding carboxylic acids is 1.